The maximum absolute atomic E-state index is 12.0. The molecule has 0 aliphatic heterocycles. The molecule has 1 aromatic carbocycles. The standard InChI is InChI=1S/C14H11N3OS2/c18-13(6-9-2-1-5-15-8-9)16-10-3-4-11-12(7-10)20-14(19)17-11/h1-5,7-8H,6H2,(H,16,18)(H,17,19). The summed E-state index contributed by atoms with van der Waals surface area (Å²) in [4.78, 5) is 19.0. The van der Waals surface area contributed by atoms with Crippen molar-refractivity contribution >= 4 is 45.4 Å². The van der Waals surface area contributed by atoms with Crippen LogP contribution in [0.3, 0.4) is 0 Å². The van der Waals surface area contributed by atoms with E-state index in [9.17, 15) is 4.79 Å². The molecule has 0 saturated heterocycles. The molecule has 0 saturated carbocycles. The minimum absolute atomic E-state index is 0.0588. The topological polar surface area (TPSA) is 57.8 Å². The van der Waals surface area contributed by atoms with Gasteiger partial charge >= 0.3 is 0 Å². The van der Waals surface area contributed by atoms with Crippen LogP contribution in [-0.4, -0.2) is 15.9 Å². The summed E-state index contributed by atoms with van der Waals surface area (Å²) in [5, 5.41) is 2.88. The van der Waals surface area contributed by atoms with Gasteiger partial charge in [0, 0.05) is 18.1 Å². The Labute approximate surface area is 124 Å². The molecule has 20 heavy (non-hydrogen) atoms. The first-order valence-corrected chi connectivity index (χ1v) is 7.25. The number of thiazole rings is 1. The quantitative estimate of drug-likeness (QED) is 0.728. The fourth-order valence-electron chi connectivity index (χ4n) is 1.92. The monoisotopic (exact) mass is 301 g/mol. The molecule has 0 bridgehead atoms. The number of aromatic nitrogens is 2. The molecule has 0 fully saturated rings. The molecule has 2 heterocycles. The van der Waals surface area contributed by atoms with Crippen molar-refractivity contribution in [3.05, 3.63) is 52.2 Å². The predicted molar refractivity (Wildman–Crippen MR) is 83.6 cm³/mol. The number of carbonyl (C=O) groups is 1. The van der Waals surface area contributed by atoms with Crippen molar-refractivity contribution in [1.29, 1.82) is 0 Å². The molecular weight excluding hydrogens is 290 g/mol. The molecule has 100 valence electrons. The maximum atomic E-state index is 12.0. The van der Waals surface area contributed by atoms with Gasteiger partial charge in [-0.05, 0) is 42.0 Å². The molecule has 0 atom stereocenters. The first-order valence-electron chi connectivity index (χ1n) is 6.02. The number of H-pyrrole nitrogens is 1. The van der Waals surface area contributed by atoms with E-state index < -0.39 is 0 Å². The number of anilines is 1. The fourth-order valence-corrected chi connectivity index (χ4v) is 3.07. The van der Waals surface area contributed by atoms with Gasteiger partial charge < -0.3 is 10.3 Å². The summed E-state index contributed by atoms with van der Waals surface area (Å²) in [7, 11) is 0. The molecule has 0 unspecified atom stereocenters. The summed E-state index contributed by atoms with van der Waals surface area (Å²) in [6.45, 7) is 0. The van der Waals surface area contributed by atoms with Crippen molar-refractivity contribution < 1.29 is 4.79 Å². The summed E-state index contributed by atoms with van der Waals surface area (Å²) < 4.78 is 1.77. The Bertz CT molecular complexity index is 808. The largest absolute Gasteiger partial charge is 0.337 e. The van der Waals surface area contributed by atoms with Gasteiger partial charge in [-0.25, -0.2) is 0 Å². The zero-order valence-electron chi connectivity index (χ0n) is 10.4. The van der Waals surface area contributed by atoms with Crippen LogP contribution in [0.15, 0.2) is 42.7 Å². The highest BCUT2D eigenvalue weighted by atomic mass is 32.1. The van der Waals surface area contributed by atoms with Gasteiger partial charge in [-0.15, -0.1) is 11.3 Å². The van der Waals surface area contributed by atoms with Crippen LogP contribution in [0.4, 0.5) is 5.69 Å². The lowest BCUT2D eigenvalue weighted by Crippen LogP contribution is -2.14. The highest BCUT2D eigenvalue weighted by Crippen LogP contribution is 2.23. The lowest BCUT2D eigenvalue weighted by molar-refractivity contribution is -0.115. The van der Waals surface area contributed by atoms with Gasteiger partial charge in [0.25, 0.3) is 0 Å². The molecule has 0 aliphatic rings. The normalized spacial score (nSPS) is 10.6. The number of benzene rings is 1. The Morgan fingerprint density at radius 1 is 1.40 bits per heavy atom. The third-order valence-electron chi connectivity index (χ3n) is 2.79. The number of aromatic amines is 1. The zero-order valence-corrected chi connectivity index (χ0v) is 12.1. The number of hydrogen-bond acceptors (Lipinski definition) is 4. The van der Waals surface area contributed by atoms with Gasteiger partial charge in [0.1, 0.15) is 0 Å². The Morgan fingerprint density at radius 3 is 3.10 bits per heavy atom. The maximum Gasteiger partial charge on any atom is 0.228 e. The van der Waals surface area contributed by atoms with E-state index in [-0.39, 0.29) is 5.91 Å². The number of carbonyl (C=O) groups excluding carboxylic acids is 1. The van der Waals surface area contributed by atoms with Crippen molar-refractivity contribution in [1.82, 2.24) is 9.97 Å². The van der Waals surface area contributed by atoms with Crippen molar-refractivity contribution in [2.75, 3.05) is 5.32 Å². The van der Waals surface area contributed by atoms with E-state index in [4.69, 9.17) is 12.2 Å². The number of nitrogens with one attached hydrogen (secondary N) is 2. The molecule has 2 N–H and O–H groups in total. The van der Waals surface area contributed by atoms with E-state index in [0.717, 1.165) is 25.4 Å². The van der Waals surface area contributed by atoms with Gasteiger partial charge in [-0.1, -0.05) is 6.07 Å². The van der Waals surface area contributed by atoms with Crippen molar-refractivity contribution in [3.63, 3.8) is 0 Å². The second-order valence-electron chi connectivity index (χ2n) is 4.31. The third kappa shape index (κ3) is 2.92. The van der Waals surface area contributed by atoms with Crippen LogP contribution in [-0.2, 0) is 11.2 Å². The summed E-state index contributed by atoms with van der Waals surface area (Å²) >= 11 is 6.59. The second kappa shape index (κ2) is 5.52. The van der Waals surface area contributed by atoms with Gasteiger partial charge in [-0.3, -0.25) is 9.78 Å². The van der Waals surface area contributed by atoms with Gasteiger partial charge in [-0.2, -0.15) is 0 Å². The summed E-state index contributed by atoms with van der Waals surface area (Å²) in [6.07, 6.45) is 3.70. The summed E-state index contributed by atoms with van der Waals surface area (Å²) in [5.74, 6) is -0.0588. The van der Waals surface area contributed by atoms with Crippen LogP contribution < -0.4 is 5.32 Å². The average molecular weight is 301 g/mol. The van der Waals surface area contributed by atoms with E-state index >= 15 is 0 Å². The number of hydrogen-bond donors (Lipinski definition) is 2. The number of rotatable bonds is 3. The van der Waals surface area contributed by atoms with Gasteiger partial charge in [0.15, 0.2) is 3.95 Å². The summed E-state index contributed by atoms with van der Waals surface area (Å²) in [5.41, 5.74) is 2.66. The first kappa shape index (κ1) is 13.0. The number of amides is 1. The molecule has 4 nitrogen and oxygen atoms in total. The molecule has 0 aliphatic carbocycles. The molecule has 1 amide bonds. The Kier molecular flexibility index (Phi) is 3.58. The van der Waals surface area contributed by atoms with Gasteiger partial charge in [0.05, 0.1) is 16.6 Å². The van der Waals surface area contributed by atoms with E-state index in [2.05, 4.69) is 15.3 Å². The summed E-state index contributed by atoms with van der Waals surface area (Å²) in [6, 6.07) is 9.41. The SMILES string of the molecule is O=C(Cc1cccnc1)Nc1ccc2[nH]c(=S)sc2c1. The van der Waals surface area contributed by atoms with Crippen LogP contribution >= 0.6 is 23.6 Å². The lowest BCUT2D eigenvalue weighted by Gasteiger charge is -2.05. The van der Waals surface area contributed by atoms with Crippen molar-refractivity contribution in [2.24, 2.45) is 0 Å². The minimum atomic E-state index is -0.0588. The highest BCUT2D eigenvalue weighted by Gasteiger charge is 2.05. The predicted octanol–water partition coefficient (Wildman–Crippen LogP) is 3.54. The highest BCUT2D eigenvalue weighted by molar-refractivity contribution is 7.73. The van der Waals surface area contributed by atoms with E-state index in [0.29, 0.717) is 6.42 Å². The van der Waals surface area contributed by atoms with Crippen molar-refractivity contribution in [2.45, 2.75) is 6.42 Å². The molecule has 3 rings (SSSR count). The fraction of sp³-hybridized carbons (Fsp3) is 0.0714. The van der Waals surface area contributed by atoms with Crippen LogP contribution in [0.5, 0.6) is 0 Å². The minimum Gasteiger partial charge on any atom is -0.337 e. The first-order chi connectivity index (χ1) is 9.70. The van der Waals surface area contributed by atoms with Crippen LogP contribution in [0, 0.1) is 3.95 Å². The Balaban J connectivity index is 1.75. The van der Waals surface area contributed by atoms with Crippen LogP contribution in [0.1, 0.15) is 5.56 Å². The second-order valence-corrected chi connectivity index (χ2v) is 6.03. The molecule has 3 aromatic rings. The Morgan fingerprint density at radius 2 is 2.30 bits per heavy atom. The Hall–Kier alpha value is -2.05. The van der Waals surface area contributed by atoms with Crippen molar-refractivity contribution in [3.8, 4) is 0 Å². The zero-order chi connectivity index (χ0) is 13.9. The molecular formula is C14H11N3OS2. The number of nitrogens with zero attached hydrogens (tertiary/aromatic N) is 1. The molecule has 0 spiro atoms. The molecule has 6 heteroatoms. The van der Waals surface area contributed by atoms with E-state index in [1.807, 2.05) is 30.3 Å². The van der Waals surface area contributed by atoms with E-state index in [1.54, 1.807) is 12.4 Å². The third-order valence-corrected chi connectivity index (χ3v) is 3.99. The molecule has 2 aromatic heterocycles. The number of fused-ring (bicyclic) bond motifs is 1. The lowest BCUT2D eigenvalue weighted by atomic mass is 10.2. The smallest absolute Gasteiger partial charge is 0.228 e. The van der Waals surface area contributed by atoms with Crippen LogP contribution in [0.2, 0.25) is 0 Å². The van der Waals surface area contributed by atoms with Gasteiger partial charge in [0.2, 0.25) is 5.91 Å². The molecule has 0 radical (unpaired) electrons. The van der Waals surface area contributed by atoms with Crippen LogP contribution in [0.25, 0.3) is 10.2 Å². The van der Waals surface area contributed by atoms with E-state index in [1.165, 1.54) is 11.3 Å². The number of pyridine rings is 1. The average Bonchev–Trinajstić information content (AvgIpc) is 2.79.